The van der Waals surface area contributed by atoms with Gasteiger partial charge in [0.1, 0.15) is 11.5 Å². The molecule has 3 N–H and O–H groups in total. The first-order valence-electron chi connectivity index (χ1n) is 5.98. The lowest BCUT2D eigenvalue weighted by Crippen LogP contribution is -2.21. The molecule has 0 aliphatic carbocycles. The number of ether oxygens (including phenoxy) is 2. The van der Waals surface area contributed by atoms with Crippen LogP contribution >= 0.6 is 0 Å². The van der Waals surface area contributed by atoms with E-state index < -0.39 is 5.91 Å². The fourth-order valence-corrected chi connectivity index (χ4v) is 1.46. The minimum absolute atomic E-state index is 0.131. The molecule has 0 radical (unpaired) electrons. The largest absolute Gasteiger partial charge is 0.493 e. The molecule has 0 saturated heterocycles. The van der Waals surface area contributed by atoms with Gasteiger partial charge in [0, 0.05) is 18.2 Å². The van der Waals surface area contributed by atoms with Crippen LogP contribution in [0.4, 0.5) is 0 Å². The van der Waals surface area contributed by atoms with Crippen molar-refractivity contribution in [2.45, 2.75) is 19.9 Å². The molecule has 0 heterocycles. The van der Waals surface area contributed by atoms with Crippen LogP contribution in [0.1, 0.15) is 18.9 Å². The number of primary amides is 1. The number of benzene rings is 1. The topological polar surface area (TPSA) is 73.6 Å². The van der Waals surface area contributed by atoms with Crippen molar-refractivity contribution in [1.29, 1.82) is 0 Å². The molecule has 0 fully saturated rings. The number of carbonyl (C=O) groups is 1. The Morgan fingerprint density at radius 3 is 2.78 bits per heavy atom. The second kappa shape index (κ2) is 7.55. The average Bonchev–Trinajstić information content (AvgIpc) is 2.36. The molecule has 18 heavy (non-hydrogen) atoms. The highest BCUT2D eigenvalue weighted by Gasteiger charge is 2.07. The van der Waals surface area contributed by atoms with E-state index in [1.807, 2.05) is 26.1 Å². The van der Waals surface area contributed by atoms with E-state index in [9.17, 15) is 4.79 Å². The molecule has 1 aromatic carbocycles. The molecule has 0 aromatic heterocycles. The van der Waals surface area contributed by atoms with Gasteiger partial charge in [-0.05, 0) is 19.5 Å². The summed E-state index contributed by atoms with van der Waals surface area (Å²) in [5, 5.41) is 3.04. The van der Waals surface area contributed by atoms with E-state index in [-0.39, 0.29) is 6.61 Å². The molecular formula is C13H20N2O3. The number of nitrogens with one attached hydrogen (secondary N) is 1. The summed E-state index contributed by atoms with van der Waals surface area (Å²) in [5.41, 5.74) is 6.03. The summed E-state index contributed by atoms with van der Waals surface area (Å²) in [7, 11) is 1.85. The molecule has 5 nitrogen and oxygen atoms in total. The lowest BCUT2D eigenvalue weighted by molar-refractivity contribution is -0.119. The molecule has 0 aliphatic heterocycles. The van der Waals surface area contributed by atoms with Crippen molar-refractivity contribution < 1.29 is 14.3 Å². The maximum Gasteiger partial charge on any atom is 0.255 e. The number of carbonyl (C=O) groups excluding carboxylic acids is 1. The SMILES string of the molecule is CCCOc1ccc(CNC)c(OCC(N)=O)c1. The van der Waals surface area contributed by atoms with Gasteiger partial charge in [0.25, 0.3) is 5.91 Å². The summed E-state index contributed by atoms with van der Waals surface area (Å²) < 4.78 is 10.9. The number of hydrogen-bond acceptors (Lipinski definition) is 4. The Labute approximate surface area is 107 Å². The summed E-state index contributed by atoms with van der Waals surface area (Å²) in [5.74, 6) is 0.859. The Balaban J connectivity index is 2.81. The molecule has 0 aliphatic rings. The van der Waals surface area contributed by atoms with Gasteiger partial charge in [-0.2, -0.15) is 0 Å². The third-order valence-corrected chi connectivity index (χ3v) is 2.25. The van der Waals surface area contributed by atoms with Crippen LogP contribution in [-0.4, -0.2) is 26.2 Å². The van der Waals surface area contributed by atoms with Gasteiger partial charge < -0.3 is 20.5 Å². The molecule has 1 aromatic rings. The lowest BCUT2D eigenvalue weighted by atomic mass is 10.2. The zero-order chi connectivity index (χ0) is 13.4. The first-order valence-corrected chi connectivity index (χ1v) is 5.98. The molecule has 0 unspecified atom stereocenters. The Kier molecular flexibility index (Phi) is 6.00. The summed E-state index contributed by atoms with van der Waals surface area (Å²) in [6, 6.07) is 5.59. The van der Waals surface area contributed by atoms with Crippen LogP contribution in [0.2, 0.25) is 0 Å². The van der Waals surface area contributed by atoms with Gasteiger partial charge in [-0.15, -0.1) is 0 Å². The van der Waals surface area contributed by atoms with E-state index in [2.05, 4.69) is 5.32 Å². The first kappa shape index (κ1) is 14.3. The number of rotatable bonds is 8. The predicted octanol–water partition coefficient (Wildman–Crippen LogP) is 1.06. The maximum atomic E-state index is 10.7. The Hall–Kier alpha value is -1.75. The highest BCUT2D eigenvalue weighted by atomic mass is 16.5. The van der Waals surface area contributed by atoms with Crippen molar-refractivity contribution in [2.75, 3.05) is 20.3 Å². The minimum Gasteiger partial charge on any atom is -0.493 e. The molecule has 5 heteroatoms. The fraction of sp³-hybridized carbons (Fsp3) is 0.462. The smallest absolute Gasteiger partial charge is 0.255 e. The van der Waals surface area contributed by atoms with Crippen LogP contribution in [-0.2, 0) is 11.3 Å². The molecule has 0 atom stereocenters. The highest BCUT2D eigenvalue weighted by Crippen LogP contribution is 2.25. The van der Waals surface area contributed by atoms with E-state index in [0.717, 1.165) is 17.7 Å². The number of amides is 1. The van der Waals surface area contributed by atoms with Crippen molar-refractivity contribution in [3.8, 4) is 11.5 Å². The van der Waals surface area contributed by atoms with Crippen molar-refractivity contribution in [2.24, 2.45) is 5.73 Å². The van der Waals surface area contributed by atoms with E-state index in [1.54, 1.807) is 6.07 Å². The van der Waals surface area contributed by atoms with Crippen LogP contribution in [0, 0.1) is 0 Å². The van der Waals surface area contributed by atoms with Crippen molar-refractivity contribution >= 4 is 5.91 Å². The first-order chi connectivity index (χ1) is 8.67. The van der Waals surface area contributed by atoms with Crippen LogP contribution in [0.5, 0.6) is 11.5 Å². The molecule has 0 spiro atoms. The Morgan fingerprint density at radius 2 is 2.17 bits per heavy atom. The van der Waals surface area contributed by atoms with Gasteiger partial charge >= 0.3 is 0 Å². The minimum atomic E-state index is -0.495. The number of nitrogens with two attached hydrogens (primary N) is 1. The van der Waals surface area contributed by atoms with Gasteiger partial charge in [0.05, 0.1) is 6.61 Å². The van der Waals surface area contributed by atoms with Gasteiger partial charge in [-0.3, -0.25) is 4.79 Å². The summed E-state index contributed by atoms with van der Waals surface area (Å²) in [6.45, 7) is 3.22. The Bertz CT molecular complexity index is 394. The van der Waals surface area contributed by atoms with Crippen molar-refractivity contribution in [3.63, 3.8) is 0 Å². The predicted molar refractivity (Wildman–Crippen MR) is 69.7 cm³/mol. The zero-order valence-corrected chi connectivity index (χ0v) is 10.9. The standard InChI is InChI=1S/C13H20N2O3/c1-3-6-17-11-5-4-10(8-15-2)12(7-11)18-9-13(14)16/h4-5,7,15H,3,6,8-9H2,1-2H3,(H2,14,16). The average molecular weight is 252 g/mol. The normalized spacial score (nSPS) is 10.1. The van der Waals surface area contributed by atoms with E-state index in [1.165, 1.54) is 0 Å². The quantitative estimate of drug-likeness (QED) is 0.725. The summed E-state index contributed by atoms with van der Waals surface area (Å²) in [6.07, 6.45) is 0.940. The van der Waals surface area contributed by atoms with Crippen LogP contribution in [0.3, 0.4) is 0 Å². The summed E-state index contributed by atoms with van der Waals surface area (Å²) in [4.78, 5) is 10.7. The van der Waals surface area contributed by atoms with Crippen molar-refractivity contribution in [1.82, 2.24) is 5.32 Å². The second-order valence-electron chi connectivity index (χ2n) is 3.90. The summed E-state index contributed by atoms with van der Waals surface area (Å²) >= 11 is 0. The monoisotopic (exact) mass is 252 g/mol. The zero-order valence-electron chi connectivity index (χ0n) is 10.9. The molecule has 0 saturated carbocycles. The van der Waals surface area contributed by atoms with E-state index in [4.69, 9.17) is 15.2 Å². The Morgan fingerprint density at radius 1 is 1.39 bits per heavy atom. The van der Waals surface area contributed by atoms with E-state index >= 15 is 0 Å². The third kappa shape index (κ3) is 4.63. The van der Waals surface area contributed by atoms with Gasteiger partial charge in [-0.1, -0.05) is 13.0 Å². The molecule has 1 amide bonds. The van der Waals surface area contributed by atoms with Crippen LogP contribution in [0.15, 0.2) is 18.2 Å². The lowest BCUT2D eigenvalue weighted by Gasteiger charge is -2.12. The maximum absolute atomic E-state index is 10.7. The number of hydrogen-bond donors (Lipinski definition) is 2. The van der Waals surface area contributed by atoms with Crippen molar-refractivity contribution in [3.05, 3.63) is 23.8 Å². The van der Waals surface area contributed by atoms with E-state index in [0.29, 0.717) is 18.9 Å². The van der Waals surface area contributed by atoms with Gasteiger partial charge in [0.2, 0.25) is 0 Å². The fourth-order valence-electron chi connectivity index (χ4n) is 1.46. The van der Waals surface area contributed by atoms with Crippen LogP contribution < -0.4 is 20.5 Å². The van der Waals surface area contributed by atoms with Gasteiger partial charge in [0.15, 0.2) is 6.61 Å². The highest BCUT2D eigenvalue weighted by molar-refractivity contribution is 5.75. The third-order valence-electron chi connectivity index (χ3n) is 2.25. The van der Waals surface area contributed by atoms with Crippen LogP contribution in [0.25, 0.3) is 0 Å². The molecule has 0 bridgehead atoms. The molecular weight excluding hydrogens is 232 g/mol. The molecule has 1 rings (SSSR count). The van der Waals surface area contributed by atoms with Gasteiger partial charge in [-0.25, -0.2) is 0 Å². The second-order valence-corrected chi connectivity index (χ2v) is 3.90. The molecule has 100 valence electrons.